The zero-order valence-corrected chi connectivity index (χ0v) is 15.2. The summed E-state index contributed by atoms with van der Waals surface area (Å²) in [4.78, 5) is 23.2. The van der Waals surface area contributed by atoms with E-state index in [1.165, 1.54) is 12.1 Å². The lowest BCUT2D eigenvalue weighted by atomic mass is 10.2. The van der Waals surface area contributed by atoms with Crippen molar-refractivity contribution < 1.29 is 14.3 Å². The van der Waals surface area contributed by atoms with Gasteiger partial charge < -0.3 is 15.4 Å². The molecule has 0 aliphatic heterocycles. The Bertz CT molecular complexity index is 567. The second-order valence-electron chi connectivity index (χ2n) is 4.96. The van der Waals surface area contributed by atoms with Crippen LogP contribution in [-0.4, -0.2) is 31.0 Å². The van der Waals surface area contributed by atoms with Crippen molar-refractivity contribution in [2.75, 3.05) is 13.2 Å². The number of hydrogen-bond donors (Lipinski definition) is 2. The molecule has 5 nitrogen and oxygen atoms in total. The lowest BCUT2D eigenvalue weighted by molar-refractivity contribution is -0.123. The van der Waals surface area contributed by atoms with E-state index >= 15 is 0 Å². The van der Waals surface area contributed by atoms with E-state index in [2.05, 4.69) is 10.6 Å². The lowest BCUT2D eigenvalue weighted by Crippen LogP contribution is -2.36. The third-order valence-corrected chi connectivity index (χ3v) is 4.05. The molecule has 1 rings (SSSR count). The first-order valence-corrected chi connectivity index (χ1v) is 8.30. The topological polar surface area (TPSA) is 67.4 Å². The van der Waals surface area contributed by atoms with E-state index in [1.54, 1.807) is 0 Å². The number of ether oxygens (including phenoxy) is 1. The number of halogens is 3. The molecule has 23 heavy (non-hydrogen) atoms. The molecule has 0 aromatic heterocycles. The normalized spacial score (nSPS) is 11.7. The van der Waals surface area contributed by atoms with Gasteiger partial charge in [-0.1, -0.05) is 41.7 Å². The minimum Gasteiger partial charge on any atom is -0.482 e. The summed E-state index contributed by atoms with van der Waals surface area (Å²) in [6, 6.07) is 3.01. The van der Waals surface area contributed by atoms with Crippen LogP contribution < -0.4 is 15.4 Å². The number of rotatable bonds is 8. The monoisotopic (exact) mass is 380 g/mol. The first-order chi connectivity index (χ1) is 10.8. The Morgan fingerprint density at radius 2 is 1.78 bits per heavy atom. The molecule has 1 aromatic carbocycles. The number of hydrogen-bond acceptors (Lipinski definition) is 3. The van der Waals surface area contributed by atoms with Crippen LogP contribution in [-0.2, 0) is 9.59 Å². The molecule has 128 valence electrons. The van der Waals surface area contributed by atoms with Gasteiger partial charge in [0, 0.05) is 25.1 Å². The molecule has 0 aliphatic rings. The first-order valence-electron chi connectivity index (χ1n) is 7.16. The molecule has 0 fully saturated rings. The Hall–Kier alpha value is -1.17. The van der Waals surface area contributed by atoms with Crippen LogP contribution in [0.15, 0.2) is 12.1 Å². The first kappa shape index (κ1) is 19.9. The second-order valence-corrected chi connectivity index (χ2v) is 6.18. The van der Waals surface area contributed by atoms with Crippen molar-refractivity contribution in [2.24, 2.45) is 0 Å². The Balaban J connectivity index is 2.32. The van der Waals surface area contributed by atoms with Crippen molar-refractivity contribution in [3.63, 3.8) is 0 Å². The molecule has 2 N–H and O–H groups in total. The summed E-state index contributed by atoms with van der Waals surface area (Å²) in [6.07, 6.45) is 1.07. The second kappa shape index (κ2) is 9.85. The number of carbonyl (C=O) groups is 2. The summed E-state index contributed by atoms with van der Waals surface area (Å²) in [5, 5.41) is 6.26. The fourth-order valence-electron chi connectivity index (χ4n) is 1.57. The maximum Gasteiger partial charge on any atom is 0.257 e. The molecule has 0 bridgehead atoms. The smallest absolute Gasteiger partial charge is 0.257 e. The Morgan fingerprint density at radius 3 is 2.43 bits per heavy atom. The molecular formula is C15H19Cl3N2O3. The van der Waals surface area contributed by atoms with E-state index < -0.39 is 0 Å². The van der Waals surface area contributed by atoms with Gasteiger partial charge in [-0.2, -0.15) is 0 Å². The molecule has 1 atom stereocenters. The van der Waals surface area contributed by atoms with Crippen LogP contribution >= 0.6 is 34.8 Å². The summed E-state index contributed by atoms with van der Waals surface area (Å²) in [5.41, 5.74) is 0. The Labute approximate surface area is 150 Å². The van der Waals surface area contributed by atoms with Gasteiger partial charge in [-0.25, -0.2) is 0 Å². The predicted molar refractivity (Wildman–Crippen MR) is 92.5 cm³/mol. The highest BCUT2D eigenvalue weighted by molar-refractivity contribution is 6.43. The van der Waals surface area contributed by atoms with Crippen molar-refractivity contribution in [1.29, 1.82) is 0 Å². The maximum absolute atomic E-state index is 11.7. The zero-order chi connectivity index (χ0) is 17.4. The molecule has 0 saturated heterocycles. The van der Waals surface area contributed by atoms with Gasteiger partial charge in [0.15, 0.2) is 6.61 Å². The van der Waals surface area contributed by atoms with Gasteiger partial charge in [0.05, 0.1) is 15.1 Å². The summed E-state index contributed by atoms with van der Waals surface area (Å²) in [5.74, 6) is -0.192. The molecule has 0 saturated carbocycles. The molecule has 1 aromatic rings. The SMILES string of the molecule is CCC(C)NC(=O)CCNC(=O)COc1cc(Cl)c(Cl)cc1Cl. The Kier molecular flexibility index (Phi) is 8.52. The van der Waals surface area contributed by atoms with Gasteiger partial charge in [-0.05, 0) is 19.4 Å². The van der Waals surface area contributed by atoms with Crippen molar-refractivity contribution in [3.05, 3.63) is 27.2 Å². The third kappa shape index (κ3) is 7.29. The number of amides is 2. The van der Waals surface area contributed by atoms with Crippen LogP contribution in [0.25, 0.3) is 0 Å². The number of carbonyl (C=O) groups excluding carboxylic acids is 2. The van der Waals surface area contributed by atoms with Gasteiger partial charge in [0.1, 0.15) is 5.75 Å². The van der Waals surface area contributed by atoms with Gasteiger partial charge in [0.25, 0.3) is 5.91 Å². The van der Waals surface area contributed by atoms with E-state index in [0.717, 1.165) is 6.42 Å². The van der Waals surface area contributed by atoms with E-state index in [4.69, 9.17) is 39.5 Å². The maximum atomic E-state index is 11.7. The van der Waals surface area contributed by atoms with Crippen LogP contribution in [0.5, 0.6) is 5.75 Å². The average molecular weight is 382 g/mol. The minimum absolute atomic E-state index is 0.104. The fourth-order valence-corrected chi connectivity index (χ4v) is 2.17. The fraction of sp³-hybridized carbons (Fsp3) is 0.467. The van der Waals surface area contributed by atoms with Crippen LogP contribution in [0.2, 0.25) is 15.1 Å². The molecule has 2 amide bonds. The number of benzene rings is 1. The quantitative estimate of drug-likeness (QED) is 0.678. The van der Waals surface area contributed by atoms with Gasteiger partial charge in [-0.15, -0.1) is 0 Å². The average Bonchev–Trinajstić information content (AvgIpc) is 2.49. The Morgan fingerprint density at radius 1 is 1.13 bits per heavy atom. The molecule has 1 unspecified atom stereocenters. The molecule has 0 radical (unpaired) electrons. The van der Waals surface area contributed by atoms with Gasteiger partial charge in [0.2, 0.25) is 5.91 Å². The van der Waals surface area contributed by atoms with Crippen LogP contribution in [0.4, 0.5) is 0 Å². The van der Waals surface area contributed by atoms with Crippen molar-refractivity contribution in [1.82, 2.24) is 10.6 Å². The van der Waals surface area contributed by atoms with E-state index in [-0.39, 0.29) is 53.2 Å². The van der Waals surface area contributed by atoms with Gasteiger partial charge >= 0.3 is 0 Å². The summed E-state index contributed by atoms with van der Waals surface area (Å²) in [7, 11) is 0. The van der Waals surface area contributed by atoms with Crippen LogP contribution in [0.1, 0.15) is 26.7 Å². The molecule has 8 heteroatoms. The van der Waals surface area contributed by atoms with Crippen LogP contribution in [0, 0.1) is 0 Å². The largest absolute Gasteiger partial charge is 0.482 e. The van der Waals surface area contributed by atoms with E-state index in [9.17, 15) is 9.59 Å². The zero-order valence-electron chi connectivity index (χ0n) is 12.9. The van der Waals surface area contributed by atoms with Gasteiger partial charge in [-0.3, -0.25) is 9.59 Å². The highest BCUT2D eigenvalue weighted by Crippen LogP contribution is 2.33. The molecule has 0 heterocycles. The van der Waals surface area contributed by atoms with Crippen molar-refractivity contribution >= 4 is 46.6 Å². The summed E-state index contributed by atoms with van der Waals surface area (Å²) in [6.45, 7) is 3.91. The highest BCUT2D eigenvalue weighted by Gasteiger charge is 2.10. The molecule has 0 aliphatic carbocycles. The molecular weight excluding hydrogens is 363 g/mol. The summed E-state index contributed by atoms with van der Waals surface area (Å²) < 4.78 is 5.29. The van der Waals surface area contributed by atoms with Crippen molar-refractivity contribution in [2.45, 2.75) is 32.7 Å². The minimum atomic E-state index is -0.358. The van der Waals surface area contributed by atoms with Crippen molar-refractivity contribution in [3.8, 4) is 5.75 Å². The highest BCUT2D eigenvalue weighted by atomic mass is 35.5. The number of nitrogens with one attached hydrogen (secondary N) is 2. The summed E-state index contributed by atoms with van der Waals surface area (Å²) >= 11 is 17.6. The molecule has 0 spiro atoms. The standard InChI is InChI=1S/C15H19Cl3N2O3/c1-3-9(2)20-14(21)4-5-19-15(22)8-23-13-7-11(17)10(16)6-12(13)18/h6-7,9H,3-5,8H2,1-2H3,(H,19,22)(H,20,21). The third-order valence-electron chi connectivity index (χ3n) is 3.03. The van der Waals surface area contributed by atoms with Crippen LogP contribution in [0.3, 0.4) is 0 Å². The predicted octanol–water partition coefficient (Wildman–Crippen LogP) is 3.45. The van der Waals surface area contributed by atoms with E-state index in [1.807, 2.05) is 13.8 Å². The lowest BCUT2D eigenvalue weighted by Gasteiger charge is -2.12. The van der Waals surface area contributed by atoms with E-state index in [0.29, 0.717) is 5.02 Å².